The van der Waals surface area contributed by atoms with E-state index in [4.69, 9.17) is 9.47 Å². The zero-order chi connectivity index (χ0) is 29.8. The second kappa shape index (κ2) is 17.7. The summed E-state index contributed by atoms with van der Waals surface area (Å²) in [6.45, 7) is 9.76. The van der Waals surface area contributed by atoms with Gasteiger partial charge in [0.15, 0.2) is 5.78 Å². The number of rotatable bonds is 19. The Labute approximate surface area is 264 Å². The normalized spacial score (nSPS) is 12.5. The van der Waals surface area contributed by atoms with E-state index in [1.165, 1.54) is 83.1 Å². The Morgan fingerprint density at radius 3 is 1.83 bits per heavy atom. The standard InChI is InChI=1S/C35H51NO5.BrH/c1-6-8-10-12-14-16-18-36(4,19-17-15-13-11-9-7-2)20-21-41-31-25-27(40-5)24-29-33(31)35(39)32-28(34(29)38)22-26(3)23-30(32)37;/h22-25H,6-21H2,1-5H3;1H. The van der Waals surface area contributed by atoms with Gasteiger partial charge in [0.1, 0.15) is 30.4 Å². The number of methoxy groups -OCH3 is 1. The second-order valence-corrected chi connectivity index (χ2v) is 12.1. The fraction of sp³-hybridized carbons (Fsp3) is 0.600. The summed E-state index contributed by atoms with van der Waals surface area (Å²) in [6, 6.07) is 6.46. The number of likely N-dealkylation sites (N-methyl/N-ethyl adjacent to an activating group) is 1. The van der Waals surface area contributed by atoms with Crippen molar-refractivity contribution in [2.24, 2.45) is 0 Å². The number of benzene rings is 2. The van der Waals surface area contributed by atoms with E-state index < -0.39 is 0 Å². The maximum atomic E-state index is 13.6. The Morgan fingerprint density at radius 2 is 1.26 bits per heavy atom. The number of carbonyl (C=O) groups excluding carboxylic acids is 2. The lowest BCUT2D eigenvalue weighted by Gasteiger charge is -2.35. The van der Waals surface area contributed by atoms with Gasteiger partial charge in [-0.25, -0.2) is 0 Å². The summed E-state index contributed by atoms with van der Waals surface area (Å²) in [7, 11) is 3.87. The number of carbonyl (C=O) groups is 2. The Bertz CT molecular complexity index is 1160. The minimum absolute atomic E-state index is 0. The number of hydrogen-bond donors (Lipinski definition) is 1. The van der Waals surface area contributed by atoms with Crippen molar-refractivity contribution in [1.29, 1.82) is 0 Å². The number of ether oxygens (including phenoxy) is 2. The van der Waals surface area contributed by atoms with Crippen LogP contribution in [0, 0.1) is 6.92 Å². The minimum Gasteiger partial charge on any atom is -1.00 e. The smallest absolute Gasteiger partial charge is 0.201 e. The van der Waals surface area contributed by atoms with Crippen LogP contribution in [0.25, 0.3) is 0 Å². The molecule has 0 radical (unpaired) electrons. The summed E-state index contributed by atoms with van der Waals surface area (Å²) >= 11 is 0. The number of halogens is 1. The summed E-state index contributed by atoms with van der Waals surface area (Å²) < 4.78 is 12.7. The first-order chi connectivity index (χ1) is 19.7. The molecule has 0 saturated heterocycles. The van der Waals surface area contributed by atoms with Crippen LogP contribution in [0.5, 0.6) is 17.2 Å². The van der Waals surface area contributed by atoms with Gasteiger partial charge in [-0.3, -0.25) is 9.59 Å². The molecule has 0 bridgehead atoms. The molecule has 0 heterocycles. The molecule has 3 rings (SSSR count). The molecule has 2 aromatic carbocycles. The topological polar surface area (TPSA) is 72.8 Å². The van der Waals surface area contributed by atoms with Crippen LogP contribution in [-0.4, -0.2) is 61.6 Å². The van der Waals surface area contributed by atoms with Crippen molar-refractivity contribution in [2.75, 3.05) is 40.4 Å². The average molecular weight is 647 g/mol. The number of aromatic hydroxyl groups is 1. The van der Waals surface area contributed by atoms with Gasteiger partial charge in [-0.05, 0) is 56.4 Å². The highest BCUT2D eigenvalue weighted by Gasteiger charge is 2.36. The molecule has 7 heteroatoms. The van der Waals surface area contributed by atoms with E-state index in [9.17, 15) is 14.7 Å². The fourth-order valence-corrected chi connectivity index (χ4v) is 5.95. The molecule has 0 fully saturated rings. The SMILES string of the molecule is CCCCCCCC[N+](C)(CCCCCCCC)CCOc1cc(OC)cc2c1C(=O)c1c(O)cc(C)cc1C2=O.[Br-]. The van der Waals surface area contributed by atoms with Crippen LogP contribution in [0.3, 0.4) is 0 Å². The van der Waals surface area contributed by atoms with E-state index in [0.717, 1.165) is 29.7 Å². The van der Waals surface area contributed by atoms with Crippen molar-refractivity contribution >= 4 is 11.6 Å². The molecule has 0 spiro atoms. The molecule has 0 aliphatic heterocycles. The number of fused-ring (bicyclic) bond motifs is 2. The number of nitrogens with zero attached hydrogens (tertiary/aromatic N) is 1. The first-order valence-corrected chi connectivity index (χ1v) is 15.9. The van der Waals surface area contributed by atoms with Gasteiger partial charge in [0.25, 0.3) is 0 Å². The molecule has 1 aliphatic carbocycles. The van der Waals surface area contributed by atoms with Gasteiger partial charge in [-0.1, -0.05) is 65.2 Å². The number of phenolic OH excluding ortho intramolecular Hbond substituents is 1. The molecule has 42 heavy (non-hydrogen) atoms. The van der Waals surface area contributed by atoms with Crippen LogP contribution in [0.15, 0.2) is 24.3 Å². The summed E-state index contributed by atoms with van der Waals surface area (Å²) in [6.07, 6.45) is 15.3. The van der Waals surface area contributed by atoms with Crippen LogP contribution in [0.4, 0.5) is 0 Å². The minimum atomic E-state index is -0.388. The van der Waals surface area contributed by atoms with Crippen molar-refractivity contribution in [3.63, 3.8) is 0 Å². The third-order valence-corrected chi connectivity index (χ3v) is 8.51. The fourth-order valence-electron chi connectivity index (χ4n) is 5.95. The third-order valence-electron chi connectivity index (χ3n) is 8.51. The van der Waals surface area contributed by atoms with Crippen molar-refractivity contribution < 1.29 is 45.6 Å². The van der Waals surface area contributed by atoms with Gasteiger partial charge < -0.3 is 36.0 Å². The number of aryl methyl sites for hydroxylation is 1. The Morgan fingerprint density at radius 1 is 0.714 bits per heavy atom. The van der Waals surface area contributed by atoms with Crippen molar-refractivity contribution in [2.45, 2.75) is 97.8 Å². The summed E-state index contributed by atoms with van der Waals surface area (Å²) in [5, 5.41) is 10.6. The van der Waals surface area contributed by atoms with Gasteiger partial charge in [-0.15, -0.1) is 0 Å². The highest BCUT2D eigenvalue weighted by molar-refractivity contribution is 6.30. The average Bonchev–Trinajstić information content (AvgIpc) is 2.94. The highest BCUT2D eigenvalue weighted by Crippen LogP contribution is 2.40. The van der Waals surface area contributed by atoms with Crippen LogP contribution >= 0.6 is 0 Å². The first-order valence-electron chi connectivity index (χ1n) is 15.9. The molecule has 0 atom stereocenters. The van der Waals surface area contributed by atoms with Crippen molar-refractivity contribution in [1.82, 2.24) is 0 Å². The third kappa shape index (κ3) is 9.57. The highest BCUT2D eigenvalue weighted by atomic mass is 79.9. The molecule has 2 aromatic rings. The Kier molecular flexibility index (Phi) is 15.1. The van der Waals surface area contributed by atoms with Crippen LogP contribution < -0.4 is 26.5 Å². The van der Waals surface area contributed by atoms with E-state index in [1.807, 2.05) is 0 Å². The van der Waals surface area contributed by atoms with Crippen LogP contribution in [-0.2, 0) is 0 Å². The number of hydrogen-bond acceptors (Lipinski definition) is 5. The second-order valence-electron chi connectivity index (χ2n) is 12.1. The lowest BCUT2D eigenvalue weighted by Crippen LogP contribution is -3.00. The van der Waals surface area contributed by atoms with Crippen LogP contribution in [0.1, 0.15) is 128 Å². The zero-order valence-electron chi connectivity index (χ0n) is 26.5. The predicted octanol–water partition coefficient (Wildman–Crippen LogP) is 5.04. The van der Waals surface area contributed by atoms with E-state index >= 15 is 0 Å². The molecular formula is C35H52BrNO5. The molecule has 0 amide bonds. The predicted molar refractivity (Wildman–Crippen MR) is 166 cm³/mol. The molecule has 0 aromatic heterocycles. The van der Waals surface area contributed by atoms with Crippen LogP contribution in [0.2, 0.25) is 0 Å². The number of quaternary nitrogens is 1. The largest absolute Gasteiger partial charge is 1.00 e. The molecule has 6 nitrogen and oxygen atoms in total. The van der Waals surface area contributed by atoms with Gasteiger partial charge in [0, 0.05) is 17.2 Å². The van der Waals surface area contributed by atoms with Gasteiger partial charge >= 0.3 is 0 Å². The monoisotopic (exact) mass is 645 g/mol. The molecule has 1 aliphatic rings. The number of unbranched alkanes of at least 4 members (excludes halogenated alkanes) is 10. The molecule has 1 N–H and O–H groups in total. The zero-order valence-corrected chi connectivity index (χ0v) is 28.1. The molecule has 0 saturated carbocycles. The van der Waals surface area contributed by atoms with Crippen molar-refractivity contribution in [3.05, 3.63) is 52.1 Å². The molecule has 0 unspecified atom stereocenters. The summed E-state index contributed by atoms with van der Waals surface area (Å²) in [5.41, 5.74) is 1.47. The summed E-state index contributed by atoms with van der Waals surface area (Å²) in [5.74, 6) is -0.0520. The van der Waals surface area contributed by atoms with E-state index in [2.05, 4.69) is 20.9 Å². The Hall–Kier alpha value is -2.38. The van der Waals surface area contributed by atoms with E-state index in [1.54, 1.807) is 32.2 Å². The van der Waals surface area contributed by atoms with Crippen molar-refractivity contribution in [3.8, 4) is 17.2 Å². The van der Waals surface area contributed by atoms with E-state index in [0.29, 0.717) is 18.1 Å². The van der Waals surface area contributed by atoms with E-state index in [-0.39, 0.29) is 56.6 Å². The van der Waals surface area contributed by atoms with Gasteiger partial charge in [-0.2, -0.15) is 0 Å². The maximum Gasteiger partial charge on any atom is 0.201 e. The molecule has 234 valence electrons. The van der Waals surface area contributed by atoms with Gasteiger partial charge in [0.2, 0.25) is 5.78 Å². The first kappa shape index (κ1) is 35.8. The Balaban J connectivity index is 0.00000616. The number of phenols is 1. The maximum absolute atomic E-state index is 13.6. The summed E-state index contributed by atoms with van der Waals surface area (Å²) in [4.78, 5) is 27.1. The lowest BCUT2D eigenvalue weighted by molar-refractivity contribution is -0.910. The quantitative estimate of drug-likeness (QED) is 0.146. The lowest BCUT2D eigenvalue weighted by atomic mass is 9.82. The number of ketones is 2. The van der Waals surface area contributed by atoms with Gasteiger partial charge in [0.05, 0.1) is 38.4 Å². The molecular weight excluding hydrogens is 594 g/mol.